The number of esters is 1. The van der Waals surface area contributed by atoms with Gasteiger partial charge in [0.2, 0.25) is 0 Å². The zero-order valence-corrected chi connectivity index (χ0v) is 8.88. The van der Waals surface area contributed by atoms with Crippen LogP contribution in [0.2, 0.25) is 0 Å². The molecule has 1 unspecified atom stereocenters. The van der Waals surface area contributed by atoms with E-state index in [0.717, 1.165) is 12.8 Å². The fourth-order valence-electron chi connectivity index (χ4n) is 1.21. The van der Waals surface area contributed by atoms with Gasteiger partial charge in [-0.25, -0.2) is 0 Å². The van der Waals surface area contributed by atoms with Crippen LogP contribution in [0.3, 0.4) is 0 Å². The normalized spacial score (nSPS) is 20.2. The fraction of sp³-hybridized carbons (Fsp3) is 0.900. The lowest BCUT2D eigenvalue weighted by atomic mass is 10.2. The SMILES string of the molecule is CCOC(=O)CC(O)CNC1(C)CC1. The van der Waals surface area contributed by atoms with Gasteiger partial charge in [-0.05, 0) is 26.7 Å². The van der Waals surface area contributed by atoms with Gasteiger partial charge in [0.15, 0.2) is 0 Å². The quantitative estimate of drug-likeness (QED) is 0.612. The first-order chi connectivity index (χ1) is 6.56. The Morgan fingerprint density at radius 2 is 2.29 bits per heavy atom. The maximum Gasteiger partial charge on any atom is 0.308 e. The van der Waals surface area contributed by atoms with Crippen molar-refractivity contribution in [1.82, 2.24) is 5.32 Å². The van der Waals surface area contributed by atoms with E-state index in [4.69, 9.17) is 4.74 Å². The molecule has 82 valence electrons. The van der Waals surface area contributed by atoms with Gasteiger partial charge in [-0.2, -0.15) is 0 Å². The van der Waals surface area contributed by atoms with E-state index in [2.05, 4.69) is 12.2 Å². The summed E-state index contributed by atoms with van der Waals surface area (Å²) in [6.45, 7) is 4.71. The molecule has 0 aromatic rings. The van der Waals surface area contributed by atoms with Crippen molar-refractivity contribution in [2.24, 2.45) is 0 Å². The van der Waals surface area contributed by atoms with Crippen LogP contribution in [0, 0.1) is 0 Å². The van der Waals surface area contributed by atoms with Crippen LogP contribution in [0.4, 0.5) is 0 Å². The number of rotatable bonds is 6. The standard InChI is InChI=1S/C10H19NO3/c1-3-14-9(13)6-8(12)7-11-10(2)4-5-10/h8,11-12H,3-7H2,1-2H3. The van der Waals surface area contributed by atoms with Crippen molar-refractivity contribution >= 4 is 5.97 Å². The zero-order valence-electron chi connectivity index (χ0n) is 8.88. The molecule has 0 radical (unpaired) electrons. The van der Waals surface area contributed by atoms with Gasteiger partial charge in [-0.3, -0.25) is 4.79 Å². The molecule has 4 heteroatoms. The number of carbonyl (C=O) groups excluding carboxylic acids is 1. The van der Waals surface area contributed by atoms with Crippen LogP contribution in [0.15, 0.2) is 0 Å². The van der Waals surface area contributed by atoms with Gasteiger partial charge in [0, 0.05) is 12.1 Å². The number of aliphatic hydroxyl groups excluding tert-OH is 1. The molecular weight excluding hydrogens is 182 g/mol. The topological polar surface area (TPSA) is 58.6 Å². The first-order valence-electron chi connectivity index (χ1n) is 5.14. The molecule has 0 heterocycles. The highest BCUT2D eigenvalue weighted by Crippen LogP contribution is 2.34. The largest absolute Gasteiger partial charge is 0.466 e. The molecule has 0 spiro atoms. The highest BCUT2D eigenvalue weighted by Gasteiger charge is 2.36. The summed E-state index contributed by atoms with van der Waals surface area (Å²) < 4.78 is 4.73. The first kappa shape index (κ1) is 11.5. The van der Waals surface area contributed by atoms with Gasteiger partial charge in [-0.1, -0.05) is 0 Å². The average molecular weight is 201 g/mol. The van der Waals surface area contributed by atoms with Crippen LogP contribution in [-0.4, -0.2) is 35.9 Å². The number of aliphatic hydroxyl groups is 1. The van der Waals surface area contributed by atoms with Crippen LogP contribution < -0.4 is 5.32 Å². The number of hydrogen-bond acceptors (Lipinski definition) is 4. The molecule has 1 rings (SSSR count). The van der Waals surface area contributed by atoms with Crippen molar-refractivity contribution in [2.45, 2.75) is 44.8 Å². The van der Waals surface area contributed by atoms with Crippen molar-refractivity contribution in [1.29, 1.82) is 0 Å². The summed E-state index contributed by atoms with van der Waals surface area (Å²) in [5, 5.41) is 12.7. The third-order valence-corrected chi connectivity index (χ3v) is 2.47. The smallest absolute Gasteiger partial charge is 0.308 e. The highest BCUT2D eigenvalue weighted by atomic mass is 16.5. The number of ether oxygens (including phenoxy) is 1. The van der Waals surface area contributed by atoms with Crippen molar-refractivity contribution in [3.63, 3.8) is 0 Å². The van der Waals surface area contributed by atoms with Gasteiger partial charge in [0.1, 0.15) is 0 Å². The molecule has 0 aromatic carbocycles. The molecule has 1 aliphatic carbocycles. The molecule has 1 atom stereocenters. The Labute approximate surface area is 84.6 Å². The second kappa shape index (κ2) is 4.75. The predicted molar refractivity (Wildman–Crippen MR) is 52.9 cm³/mol. The lowest BCUT2D eigenvalue weighted by molar-refractivity contribution is -0.145. The Bertz CT molecular complexity index is 202. The second-order valence-electron chi connectivity index (χ2n) is 4.10. The van der Waals surface area contributed by atoms with Crippen LogP contribution in [-0.2, 0) is 9.53 Å². The van der Waals surface area contributed by atoms with Crippen LogP contribution >= 0.6 is 0 Å². The van der Waals surface area contributed by atoms with E-state index in [9.17, 15) is 9.90 Å². The molecule has 2 N–H and O–H groups in total. The van der Waals surface area contributed by atoms with Gasteiger partial charge in [-0.15, -0.1) is 0 Å². The third-order valence-electron chi connectivity index (χ3n) is 2.47. The Kier molecular flexibility index (Phi) is 3.89. The van der Waals surface area contributed by atoms with Gasteiger partial charge >= 0.3 is 5.97 Å². The summed E-state index contributed by atoms with van der Waals surface area (Å²) in [5.41, 5.74) is 0.204. The molecule has 0 bridgehead atoms. The van der Waals surface area contributed by atoms with Gasteiger partial charge in [0.25, 0.3) is 0 Å². The number of nitrogens with one attached hydrogen (secondary N) is 1. The molecule has 0 amide bonds. The Morgan fingerprint density at radius 3 is 2.79 bits per heavy atom. The Morgan fingerprint density at radius 1 is 1.64 bits per heavy atom. The van der Waals surface area contributed by atoms with Crippen LogP contribution in [0.5, 0.6) is 0 Å². The number of hydrogen-bond donors (Lipinski definition) is 2. The Hall–Kier alpha value is -0.610. The Balaban J connectivity index is 2.09. The average Bonchev–Trinajstić information content (AvgIpc) is 2.82. The maximum absolute atomic E-state index is 11.0. The molecule has 1 aliphatic rings. The summed E-state index contributed by atoms with van der Waals surface area (Å²) in [4.78, 5) is 11.0. The van der Waals surface area contributed by atoms with E-state index in [0.29, 0.717) is 13.2 Å². The summed E-state index contributed by atoms with van der Waals surface area (Å²) in [6.07, 6.45) is 1.75. The fourth-order valence-corrected chi connectivity index (χ4v) is 1.21. The molecule has 1 saturated carbocycles. The summed E-state index contributed by atoms with van der Waals surface area (Å²) in [6, 6.07) is 0. The monoisotopic (exact) mass is 201 g/mol. The van der Waals surface area contributed by atoms with E-state index in [1.54, 1.807) is 6.92 Å². The lowest BCUT2D eigenvalue weighted by Gasteiger charge is -2.15. The van der Waals surface area contributed by atoms with Crippen molar-refractivity contribution in [3.05, 3.63) is 0 Å². The van der Waals surface area contributed by atoms with Crippen LogP contribution in [0.25, 0.3) is 0 Å². The molecule has 14 heavy (non-hydrogen) atoms. The molecule has 1 fully saturated rings. The molecule has 4 nitrogen and oxygen atoms in total. The van der Waals surface area contributed by atoms with E-state index in [-0.39, 0.29) is 17.9 Å². The van der Waals surface area contributed by atoms with Crippen molar-refractivity contribution < 1.29 is 14.6 Å². The minimum Gasteiger partial charge on any atom is -0.466 e. The second-order valence-corrected chi connectivity index (χ2v) is 4.10. The van der Waals surface area contributed by atoms with Crippen LogP contribution in [0.1, 0.15) is 33.1 Å². The first-order valence-corrected chi connectivity index (χ1v) is 5.14. The minimum atomic E-state index is -0.633. The zero-order chi connectivity index (χ0) is 10.6. The highest BCUT2D eigenvalue weighted by molar-refractivity contribution is 5.69. The van der Waals surface area contributed by atoms with E-state index >= 15 is 0 Å². The summed E-state index contributed by atoms with van der Waals surface area (Å²) >= 11 is 0. The van der Waals surface area contributed by atoms with E-state index < -0.39 is 6.10 Å². The predicted octanol–water partition coefficient (Wildman–Crippen LogP) is 0.443. The van der Waals surface area contributed by atoms with Gasteiger partial charge < -0.3 is 15.2 Å². The molecule has 0 aliphatic heterocycles. The molecular formula is C10H19NO3. The van der Waals surface area contributed by atoms with Crippen molar-refractivity contribution in [2.75, 3.05) is 13.2 Å². The van der Waals surface area contributed by atoms with E-state index in [1.165, 1.54) is 0 Å². The summed E-state index contributed by atoms with van der Waals surface area (Å²) in [5.74, 6) is -0.331. The maximum atomic E-state index is 11.0. The van der Waals surface area contributed by atoms with E-state index in [1.807, 2.05) is 0 Å². The third kappa shape index (κ3) is 4.07. The minimum absolute atomic E-state index is 0.0803. The number of carbonyl (C=O) groups is 1. The molecule has 0 saturated heterocycles. The summed E-state index contributed by atoms with van der Waals surface area (Å²) in [7, 11) is 0. The molecule has 0 aromatic heterocycles. The van der Waals surface area contributed by atoms with Gasteiger partial charge in [0.05, 0.1) is 19.1 Å². The number of β-amino-alcohol motifs (C(OH)–C–C–N with tert-alkyl or cyclic N) is 1. The lowest BCUT2D eigenvalue weighted by Crippen LogP contribution is -2.36. The van der Waals surface area contributed by atoms with Crippen molar-refractivity contribution in [3.8, 4) is 0 Å².